The smallest absolute Gasteiger partial charge is 0.323 e. The monoisotopic (exact) mass is 305 g/mol. The summed E-state index contributed by atoms with van der Waals surface area (Å²) in [5.74, 6) is -0.00630. The maximum absolute atomic E-state index is 11.3. The van der Waals surface area contributed by atoms with Gasteiger partial charge in [-0.2, -0.15) is 0 Å². The van der Waals surface area contributed by atoms with Gasteiger partial charge >= 0.3 is 5.97 Å². The molecule has 0 bridgehead atoms. The molecule has 2 aliphatic rings. The van der Waals surface area contributed by atoms with Gasteiger partial charge in [-0.1, -0.05) is 13.0 Å². The lowest BCUT2D eigenvalue weighted by Gasteiger charge is -2.39. The van der Waals surface area contributed by atoms with Crippen LogP contribution >= 0.6 is 0 Å². The molecule has 2 heterocycles. The van der Waals surface area contributed by atoms with E-state index >= 15 is 0 Å². The van der Waals surface area contributed by atoms with Crippen LogP contribution in [0.15, 0.2) is 18.2 Å². The first kappa shape index (κ1) is 15.0. The van der Waals surface area contributed by atoms with Crippen LogP contribution in [0.2, 0.25) is 0 Å². The van der Waals surface area contributed by atoms with Crippen molar-refractivity contribution in [1.82, 2.24) is 5.32 Å². The van der Waals surface area contributed by atoms with Gasteiger partial charge in [0.25, 0.3) is 0 Å². The summed E-state index contributed by atoms with van der Waals surface area (Å²) in [5, 5.41) is 12.6. The normalized spacial score (nSPS) is 21.2. The van der Waals surface area contributed by atoms with Gasteiger partial charge in [0.1, 0.15) is 24.1 Å². The minimum atomic E-state index is -0.808. The van der Waals surface area contributed by atoms with E-state index in [1.54, 1.807) is 0 Å². The van der Waals surface area contributed by atoms with Crippen LogP contribution in [0.4, 0.5) is 11.4 Å². The summed E-state index contributed by atoms with van der Waals surface area (Å²) in [6.07, 6.45) is 0.915. The van der Waals surface area contributed by atoms with E-state index in [1.807, 2.05) is 17.0 Å². The Hall–Kier alpha value is -1.95. The van der Waals surface area contributed by atoms with Gasteiger partial charge in [0.15, 0.2) is 0 Å². The number of para-hydroxylation sites is 1. The van der Waals surface area contributed by atoms with E-state index in [0.717, 1.165) is 49.7 Å². The van der Waals surface area contributed by atoms with Crippen molar-refractivity contribution in [3.05, 3.63) is 18.2 Å². The molecule has 0 aliphatic carbocycles. The lowest BCUT2D eigenvalue weighted by molar-refractivity contribution is -0.135. The van der Waals surface area contributed by atoms with Gasteiger partial charge in [-0.25, -0.2) is 0 Å². The van der Waals surface area contributed by atoms with E-state index in [0.29, 0.717) is 6.54 Å². The highest BCUT2D eigenvalue weighted by Gasteiger charge is 2.30. The van der Waals surface area contributed by atoms with Crippen molar-refractivity contribution in [3.8, 4) is 5.75 Å². The standard InChI is InChI=1S/C16H23N3O3/c1-2-12-10-19(11-15(20)21)16-13(4-3-5-14(16)22-12)18-8-6-17-7-9-18/h3-5,12,17H,2,6-11H2,1H3,(H,20,21). The number of hydrogen-bond acceptors (Lipinski definition) is 5. The molecule has 2 aliphatic heterocycles. The molecule has 120 valence electrons. The number of anilines is 2. The highest BCUT2D eigenvalue weighted by Crippen LogP contribution is 2.42. The molecular weight excluding hydrogens is 282 g/mol. The minimum absolute atomic E-state index is 0.00988. The number of piperazine rings is 1. The molecule has 1 atom stereocenters. The molecule has 0 spiro atoms. The summed E-state index contributed by atoms with van der Waals surface area (Å²) >= 11 is 0. The molecule has 6 heteroatoms. The number of hydrogen-bond donors (Lipinski definition) is 2. The lowest BCUT2D eigenvalue weighted by atomic mass is 10.1. The zero-order valence-corrected chi connectivity index (χ0v) is 12.9. The lowest BCUT2D eigenvalue weighted by Crippen LogP contribution is -2.46. The van der Waals surface area contributed by atoms with E-state index in [4.69, 9.17) is 4.74 Å². The van der Waals surface area contributed by atoms with E-state index in [1.165, 1.54) is 0 Å². The number of aliphatic carboxylic acids is 1. The van der Waals surface area contributed by atoms with Crippen LogP contribution in [0.1, 0.15) is 13.3 Å². The first-order valence-corrected chi connectivity index (χ1v) is 7.91. The summed E-state index contributed by atoms with van der Waals surface area (Å²) in [5.41, 5.74) is 2.01. The number of carboxylic acid groups (broad SMARTS) is 1. The number of benzene rings is 1. The number of rotatable bonds is 4. The fraction of sp³-hybridized carbons (Fsp3) is 0.562. The van der Waals surface area contributed by atoms with Crippen molar-refractivity contribution in [1.29, 1.82) is 0 Å². The molecule has 0 saturated carbocycles. The van der Waals surface area contributed by atoms with Gasteiger partial charge in [-0.05, 0) is 18.6 Å². The van der Waals surface area contributed by atoms with Crippen molar-refractivity contribution in [3.63, 3.8) is 0 Å². The van der Waals surface area contributed by atoms with E-state index < -0.39 is 5.97 Å². The largest absolute Gasteiger partial charge is 0.486 e. The van der Waals surface area contributed by atoms with Gasteiger partial charge < -0.3 is 25.0 Å². The van der Waals surface area contributed by atoms with E-state index in [-0.39, 0.29) is 12.6 Å². The van der Waals surface area contributed by atoms with Gasteiger partial charge in [0.05, 0.1) is 12.2 Å². The third-order valence-corrected chi connectivity index (χ3v) is 4.25. The average molecular weight is 305 g/mol. The fourth-order valence-electron chi connectivity index (χ4n) is 3.16. The number of ether oxygens (including phenoxy) is 1. The third kappa shape index (κ3) is 2.97. The van der Waals surface area contributed by atoms with Gasteiger partial charge in [0.2, 0.25) is 0 Å². The van der Waals surface area contributed by atoms with Crippen LogP contribution in [0.5, 0.6) is 5.75 Å². The highest BCUT2D eigenvalue weighted by atomic mass is 16.5. The quantitative estimate of drug-likeness (QED) is 0.870. The Labute approximate surface area is 130 Å². The molecular formula is C16H23N3O3. The van der Waals surface area contributed by atoms with Crippen molar-refractivity contribution >= 4 is 17.3 Å². The van der Waals surface area contributed by atoms with Crippen molar-refractivity contribution in [2.24, 2.45) is 0 Å². The first-order chi connectivity index (χ1) is 10.7. The maximum Gasteiger partial charge on any atom is 0.323 e. The Balaban J connectivity index is 1.97. The second kappa shape index (κ2) is 6.44. The second-order valence-electron chi connectivity index (χ2n) is 5.78. The molecule has 22 heavy (non-hydrogen) atoms. The summed E-state index contributed by atoms with van der Waals surface area (Å²) in [4.78, 5) is 15.5. The molecule has 1 unspecified atom stereocenters. The van der Waals surface area contributed by atoms with Gasteiger partial charge in [0, 0.05) is 26.2 Å². The van der Waals surface area contributed by atoms with Crippen molar-refractivity contribution < 1.29 is 14.6 Å². The third-order valence-electron chi connectivity index (χ3n) is 4.25. The summed E-state index contributed by atoms with van der Waals surface area (Å²) < 4.78 is 6.05. The van der Waals surface area contributed by atoms with Crippen molar-refractivity contribution in [2.75, 3.05) is 49.1 Å². The van der Waals surface area contributed by atoms with Crippen LogP contribution in [0.3, 0.4) is 0 Å². The Morgan fingerprint density at radius 3 is 2.86 bits per heavy atom. The number of carbonyl (C=O) groups is 1. The fourth-order valence-corrected chi connectivity index (χ4v) is 3.16. The molecule has 3 rings (SSSR count). The van der Waals surface area contributed by atoms with Gasteiger partial charge in [-0.3, -0.25) is 4.79 Å². The molecule has 0 aromatic heterocycles. The molecule has 1 aromatic carbocycles. The summed E-state index contributed by atoms with van der Waals surface area (Å²) in [6, 6.07) is 6.00. The zero-order chi connectivity index (χ0) is 15.5. The van der Waals surface area contributed by atoms with Gasteiger partial charge in [-0.15, -0.1) is 0 Å². The Bertz CT molecular complexity index is 543. The molecule has 1 saturated heterocycles. The predicted molar refractivity (Wildman–Crippen MR) is 86.1 cm³/mol. The molecule has 2 N–H and O–H groups in total. The topological polar surface area (TPSA) is 65.0 Å². The minimum Gasteiger partial charge on any atom is -0.486 e. The highest BCUT2D eigenvalue weighted by molar-refractivity contribution is 5.83. The van der Waals surface area contributed by atoms with E-state index in [9.17, 15) is 9.90 Å². The average Bonchev–Trinajstić information content (AvgIpc) is 2.54. The van der Waals surface area contributed by atoms with Crippen LogP contribution in [0.25, 0.3) is 0 Å². The van der Waals surface area contributed by atoms with Crippen LogP contribution in [-0.4, -0.2) is 56.4 Å². The summed E-state index contributed by atoms with van der Waals surface area (Å²) in [6.45, 7) is 6.44. The van der Waals surface area contributed by atoms with Crippen molar-refractivity contribution in [2.45, 2.75) is 19.4 Å². The molecule has 0 amide bonds. The van der Waals surface area contributed by atoms with Crippen LogP contribution in [0, 0.1) is 0 Å². The Kier molecular flexibility index (Phi) is 4.38. The van der Waals surface area contributed by atoms with Crippen LogP contribution in [-0.2, 0) is 4.79 Å². The Morgan fingerprint density at radius 1 is 1.41 bits per heavy atom. The summed E-state index contributed by atoms with van der Waals surface area (Å²) in [7, 11) is 0. The number of nitrogens with one attached hydrogen (secondary N) is 1. The molecule has 1 fully saturated rings. The Morgan fingerprint density at radius 2 is 2.18 bits per heavy atom. The molecule has 0 radical (unpaired) electrons. The number of fused-ring (bicyclic) bond motifs is 1. The SMILES string of the molecule is CCC1CN(CC(=O)O)c2c(cccc2N2CCNCC2)O1. The predicted octanol–water partition coefficient (Wildman–Crippen LogP) is 1.16. The van der Waals surface area contributed by atoms with Crippen LogP contribution < -0.4 is 19.9 Å². The molecule has 6 nitrogen and oxygen atoms in total. The maximum atomic E-state index is 11.3. The first-order valence-electron chi connectivity index (χ1n) is 7.91. The number of carboxylic acids is 1. The molecule has 1 aromatic rings. The van der Waals surface area contributed by atoms with E-state index in [2.05, 4.69) is 23.2 Å². The zero-order valence-electron chi connectivity index (χ0n) is 12.9. The second-order valence-corrected chi connectivity index (χ2v) is 5.78. The number of nitrogens with zero attached hydrogens (tertiary/aromatic N) is 2.